The fraction of sp³-hybridized carbons (Fsp3) is 0.929. The van der Waals surface area contributed by atoms with Crippen molar-refractivity contribution < 1.29 is 9.90 Å². The van der Waals surface area contributed by atoms with Crippen molar-refractivity contribution in [1.82, 2.24) is 10.2 Å². The molecule has 0 radical (unpaired) electrons. The first-order valence-corrected chi connectivity index (χ1v) is 7.13. The molecular weight excluding hydrogens is 228 g/mol. The molecule has 3 unspecified atom stereocenters. The molecule has 2 aliphatic rings. The van der Waals surface area contributed by atoms with Gasteiger partial charge in [-0.15, -0.1) is 0 Å². The molecule has 0 spiro atoms. The molecule has 104 valence electrons. The number of nitrogens with zero attached hydrogens (tertiary/aromatic N) is 1. The van der Waals surface area contributed by atoms with E-state index < -0.39 is 11.5 Å². The molecule has 2 N–H and O–H groups in total. The van der Waals surface area contributed by atoms with E-state index in [1.54, 1.807) is 0 Å². The highest BCUT2D eigenvalue weighted by Crippen LogP contribution is 2.32. The number of carboxylic acid groups (broad SMARTS) is 1. The van der Waals surface area contributed by atoms with Crippen molar-refractivity contribution in [2.75, 3.05) is 19.6 Å². The standard InChI is InChI=1S/C14H26N2O2/c1-10(2)16-5-4-11(9-16)6-12-7-14(3,13(17)18)15-8-12/h10-12,15H,4-9H2,1-3H3,(H,17,18). The molecule has 2 saturated heterocycles. The smallest absolute Gasteiger partial charge is 0.323 e. The van der Waals surface area contributed by atoms with Crippen LogP contribution in [0.4, 0.5) is 0 Å². The molecule has 2 fully saturated rings. The molecule has 0 aromatic carbocycles. The Morgan fingerprint density at radius 1 is 1.50 bits per heavy atom. The van der Waals surface area contributed by atoms with Gasteiger partial charge in [0.15, 0.2) is 0 Å². The summed E-state index contributed by atoms with van der Waals surface area (Å²) in [6, 6.07) is 0.640. The first kappa shape index (κ1) is 13.8. The maximum atomic E-state index is 11.2. The van der Waals surface area contributed by atoms with Gasteiger partial charge in [-0.3, -0.25) is 4.79 Å². The highest BCUT2D eigenvalue weighted by molar-refractivity contribution is 5.78. The number of aliphatic carboxylic acids is 1. The molecule has 3 atom stereocenters. The van der Waals surface area contributed by atoms with E-state index in [1.807, 2.05) is 6.92 Å². The van der Waals surface area contributed by atoms with Gasteiger partial charge < -0.3 is 15.3 Å². The highest BCUT2D eigenvalue weighted by atomic mass is 16.4. The quantitative estimate of drug-likeness (QED) is 0.799. The van der Waals surface area contributed by atoms with Gasteiger partial charge in [0, 0.05) is 12.6 Å². The molecule has 0 aromatic rings. The number of carboxylic acids is 1. The van der Waals surface area contributed by atoms with Gasteiger partial charge >= 0.3 is 5.97 Å². The van der Waals surface area contributed by atoms with Crippen molar-refractivity contribution in [3.63, 3.8) is 0 Å². The first-order chi connectivity index (χ1) is 8.40. The molecule has 2 heterocycles. The van der Waals surface area contributed by atoms with E-state index in [0.29, 0.717) is 12.0 Å². The Morgan fingerprint density at radius 2 is 2.22 bits per heavy atom. The molecule has 0 aliphatic carbocycles. The second-order valence-corrected chi connectivity index (χ2v) is 6.57. The average Bonchev–Trinajstić information content (AvgIpc) is 2.87. The minimum atomic E-state index is -0.708. The van der Waals surface area contributed by atoms with Gasteiger partial charge in [-0.1, -0.05) is 0 Å². The van der Waals surface area contributed by atoms with E-state index in [2.05, 4.69) is 24.1 Å². The van der Waals surface area contributed by atoms with Crippen LogP contribution < -0.4 is 5.32 Å². The van der Waals surface area contributed by atoms with Crippen LogP contribution in [-0.4, -0.2) is 47.2 Å². The highest BCUT2D eigenvalue weighted by Gasteiger charge is 2.41. The van der Waals surface area contributed by atoms with Crippen molar-refractivity contribution in [1.29, 1.82) is 0 Å². The van der Waals surface area contributed by atoms with Crippen molar-refractivity contribution in [2.24, 2.45) is 11.8 Å². The maximum Gasteiger partial charge on any atom is 0.323 e. The molecule has 0 saturated carbocycles. The Hall–Kier alpha value is -0.610. The third kappa shape index (κ3) is 2.86. The third-order valence-electron chi connectivity index (χ3n) is 4.66. The third-order valence-corrected chi connectivity index (χ3v) is 4.66. The zero-order valence-corrected chi connectivity index (χ0v) is 11.8. The Morgan fingerprint density at radius 3 is 2.72 bits per heavy atom. The normalized spacial score (nSPS) is 37.6. The van der Waals surface area contributed by atoms with Gasteiger partial charge in [0.05, 0.1) is 0 Å². The Kier molecular flexibility index (Phi) is 3.97. The predicted molar refractivity (Wildman–Crippen MR) is 71.6 cm³/mol. The summed E-state index contributed by atoms with van der Waals surface area (Å²) < 4.78 is 0. The first-order valence-electron chi connectivity index (χ1n) is 7.13. The zero-order valence-electron chi connectivity index (χ0n) is 11.8. The van der Waals surface area contributed by atoms with E-state index in [4.69, 9.17) is 0 Å². The van der Waals surface area contributed by atoms with Crippen LogP contribution in [0.25, 0.3) is 0 Å². The summed E-state index contributed by atoms with van der Waals surface area (Å²) in [5, 5.41) is 12.4. The van der Waals surface area contributed by atoms with Gasteiger partial charge in [-0.05, 0) is 65.0 Å². The lowest BCUT2D eigenvalue weighted by Crippen LogP contribution is -2.44. The number of carbonyl (C=O) groups is 1. The topological polar surface area (TPSA) is 52.6 Å². The number of likely N-dealkylation sites (tertiary alicyclic amines) is 1. The van der Waals surface area contributed by atoms with E-state index in [9.17, 15) is 9.90 Å². The summed E-state index contributed by atoms with van der Waals surface area (Å²) in [6.45, 7) is 9.57. The second kappa shape index (κ2) is 5.17. The number of nitrogens with one attached hydrogen (secondary N) is 1. The minimum Gasteiger partial charge on any atom is -0.480 e. The number of hydrogen-bond donors (Lipinski definition) is 2. The summed E-state index contributed by atoms with van der Waals surface area (Å²) >= 11 is 0. The fourth-order valence-electron chi connectivity index (χ4n) is 3.42. The van der Waals surface area contributed by atoms with Crippen LogP contribution in [0.5, 0.6) is 0 Å². The van der Waals surface area contributed by atoms with Crippen molar-refractivity contribution in [3.05, 3.63) is 0 Å². The van der Waals surface area contributed by atoms with Crippen LogP contribution in [0.15, 0.2) is 0 Å². The van der Waals surface area contributed by atoms with Gasteiger partial charge in [0.1, 0.15) is 5.54 Å². The summed E-state index contributed by atoms with van der Waals surface area (Å²) in [6.07, 6.45) is 3.23. The lowest BCUT2D eigenvalue weighted by Gasteiger charge is -2.21. The molecule has 0 amide bonds. The molecule has 4 heteroatoms. The van der Waals surface area contributed by atoms with Crippen molar-refractivity contribution in [3.8, 4) is 0 Å². The Balaban J connectivity index is 1.81. The SMILES string of the molecule is CC(C)N1CCC(CC2CNC(C)(C(=O)O)C2)C1. The van der Waals surface area contributed by atoms with Crippen LogP contribution >= 0.6 is 0 Å². The van der Waals surface area contributed by atoms with Crippen LogP contribution in [0.3, 0.4) is 0 Å². The largest absolute Gasteiger partial charge is 0.480 e. The van der Waals surface area contributed by atoms with Gasteiger partial charge in [-0.25, -0.2) is 0 Å². The predicted octanol–water partition coefficient (Wildman–Crippen LogP) is 1.56. The molecule has 0 aromatic heterocycles. The van der Waals surface area contributed by atoms with Gasteiger partial charge in [0.25, 0.3) is 0 Å². The Bertz CT molecular complexity index is 319. The summed E-state index contributed by atoms with van der Waals surface area (Å²) in [5.74, 6) is 0.582. The molecule has 2 rings (SSSR count). The van der Waals surface area contributed by atoms with Crippen molar-refractivity contribution in [2.45, 2.75) is 51.6 Å². The lowest BCUT2D eigenvalue weighted by atomic mass is 9.88. The van der Waals surface area contributed by atoms with Gasteiger partial charge in [0.2, 0.25) is 0 Å². The molecule has 4 nitrogen and oxygen atoms in total. The van der Waals surface area contributed by atoms with Crippen LogP contribution in [-0.2, 0) is 4.79 Å². The second-order valence-electron chi connectivity index (χ2n) is 6.57. The number of hydrogen-bond acceptors (Lipinski definition) is 3. The number of rotatable bonds is 4. The zero-order chi connectivity index (χ0) is 13.3. The summed E-state index contributed by atoms with van der Waals surface area (Å²) in [4.78, 5) is 13.7. The molecule has 0 bridgehead atoms. The van der Waals surface area contributed by atoms with Crippen LogP contribution in [0, 0.1) is 11.8 Å². The molecule has 18 heavy (non-hydrogen) atoms. The lowest BCUT2D eigenvalue weighted by molar-refractivity contribution is -0.143. The van der Waals surface area contributed by atoms with Crippen LogP contribution in [0.2, 0.25) is 0 Å². The maximum absolute atomic E-state index is 11.2. The van der Waals surface area contributed by atoms with E-state index >= 15 is 0 Å². The summed E-state index contributed by atoms with van der Waals surface area (Å²) in [5.41, 5.74) is -0.693. The fourth-order valence-corrected chi connectivity index (χ4v) is 3.42. The van der Waals surface area contributed by atoms with E-state index in [-0.39, 0.29) is 0 Å². The molecule has 2 aliphatic heterocycles. The Labute approximate surface area is 110 Å². The monoisotopic (exact) mass is 254 g/mol. The van der Waals surface area contributed by atoms with Crippen molar-refractivity contribution >= 4 is 5.97 Å². The average molecular weight is 254 g/mol. The molecular formula is C14H26N2O2. The summed E-state index contributed by atoms with van der Waals surface area (Å²) in [7, 11) is 0. The van der Waals surface area contributed by atoms with E-state index in [0.717, 1.165) is 18.9 Å². The van der Waals surface area contributed by atoms with Gasteiger partial charge in [-0.2, -0.15) is 0 Å². The van der Waals surface area contributed by atoms with Crippen LogP contribution in [0.1, 0.15) is 40.0 Å². The van der Waals surface area contributed by atoms with E-state index in [1.165, 1.54) is 25.9 Å². The minimum absolute atomic E-state index is 0.531.